The van der Waals surface area contributed by atoms with Crippen LogP contribution in [0.4, 0.5) is 23.2 Å². The van der Waals surface area contributed by atoms with E-state index in [-0.39, 0.29) is 22.3 Å². The Balaban J connectivity index is 1.70. The highest BCUT2D eigenvalue weighted by atomic mass is 35.5. The molecule has 1 N–H and O–H groups in total. The van der Waals surface area contributed by atoms with Crippen LogP contribution in [-0.4, -0.2) is 33.2 Å². The van der Waals surface area contributed by atoms with Crippen LogP contribution in [0.25, 0.3) is 0 Å². The van der Waals surface area contributed by atoms with Crippen LogP contribution >= 0.6 is 23.4 Å². The van der Waals surface area contributed by atoms with E-state index in [1.165, 1.54) is 42.1 Å². The Labute approximate surface area is 221 Å². The number of nitrogens with zero attached hydrogens (tertiary/aromatic N) is 1. The van der Waals surface area contributed by atoms with Crippen LogP contribution in [0, 0.1) is 5.82 Å². The van der Waals surface area contributed by atoms with Crippen molar-refractivity contribution in [3.63, 3.8) is 0 Å². The summed E-state index contributed by atoms with van der Waals surface area (Å²) in [6, 6.07) is 15.7. The van der Waals surface area contributed by atoms with Crippen molar-refractivity contribution in [2.45, 2.75) is 23.2 Å². The summed E-state index contributed by atoms with van der Waals surface area (Å²) < 4.78 is 80.9. The number of hydrogen-bond acceptors (Lipinski definition) is 4. The highest BCUT2D eigenvalue weighted by Crippen LogP contribution is 2.37. The molecule has 0 saturated carbocycles. The van der Waals surface area contributed by atoms with Crippen LogP contribution in [-0.2, 0) is 26.7 Å². The molecule has 198 valence electrons. The largest absolute Gasteiger partial charge is 0.416 e. The first-order valence-electron chi connectivity index (χ1n) is 11.0. The normalized spacial score (nSPS) is 11.8. The molecule has 3 aromatic rings. The second-order valence-electron chi connectivity index (χ2n) is 7.84. The molecule has 0 fully saturated rings. The Morgan fingerprint density at radius 3 is 2.35 bits per heavy atom. The van der Waals surface area contributed by atoms with Crippen molar-refractivity contribution in [1.29, 1.82) is 0 Å². The number of anilines is 1. The van der Waals surface area contributed by atoms with Gasteiger partial charge in [0.05, 0.1) is 21.2 Å². The quantitative estimate of drug-likeness (QED) is 0.221. The molecule has 1 amide bonds. The maximum Gasteiger partial charge on any atom is 0.416 e. The van der Waals surface area contributed by atoms with Gasteiger partial charge in [0, 0.05) is 12.3 Å². The molecule has 12 heteroatoms. The second kappa shape index (κ2) is 12.7. The van der Waals surface area contributed by atoms with Gasteiger partial charge in [0.15, 0.2) is 0 Å². The lowest BCUT2D eigenvalue weighted by Gasteiger charge is -2.25. The fourth-order valence-corrected chi connectivity index (χ4v) is 5.95. The van der Waals surface area contributed by atoms with E-state index in [9.17, 15) is 30.8 Å². The molecule has 0 aliphatic heterocycles. The molecule has 0 saturated heterocycles. The predicted molar refractivity (Wildman–Crippen MR) is 138 cm³/mol. The summed E-state index contributed by atoms with van der Waals surface area (Å²) in [5, 5.41) is 2.32. The van der Waals surface area contributed by atoms with Gasteiger partial charge >= 0.3 is 6.18 Å². The third-order valence-corrected chi connectivity index (χ3v) is 8.35. The zero-order valence-corrected chi connectivity index (χ0v) is 21.7. The van der Waals surface area contributed by atoms with Gasteiger partial charge in [-0.05, 0) is 54.1 Å². The van der Waals surface area contributed by atoms with Crippen LogP contribution in [0.5, 0.6) is 0 Å². The Morgan fingerprint density at radius 2 is 1.68 bits per heavy atom. The van der Waals surface area contributed by atoms with Gasteiger partial charge in [0.1, 0.15) is 12.4 Å². The summed E-state index contributed by atoms with van der Waals surface area (Å²) in [7, 11) is -4.43. The molecule has 0 aliphatic carbocycles. The van der Waals surface area contributed by atoms with Crippen molar-refractivity contribution < 1.29 is 30.8 Å². The lowest BCUT2D eigenvalue weighted by atomic mass is 10.2. The number of nitrogens with one attached hydrogen (secondary N) is 1. The van der Waals surface area contributed by atoms with Crippen LogP contribution in [0.1, 0.15) is 17.5 Å². The average Bonchev–Trinajstić information content (AvgIpc) is 2.86. The first kappa shape index (κ1) is 28.8. The Kier molecular flexibility index (Phi) is 9.86. The molecule has 0 bridgehead atoms. The molecule has 0 aromatic heterocycles. The summed E-state index contributed by atoms with van der Waals surface area (Å²) >= 11 is 7.58. The van der Waals surface area contributed by atoms with Gasteiger partial charge in [-0.2, -0.15) is 24.9 Å². The zero-order chi connectivity index (χ0) is 27.1. The van der Waals surface area contributed by atoms with E-state index in [0.717, 1.165) is 12.1 Å². The summed E-state index contributed by atoms with van der Waals surface area (Å²) in [4.78, 5) is 12.5. The number of alkyl halides is 3. The van der Waals surface area contributed by atoms with Crippen molar-refractivity contribution in [3.05, 3.63) is 94.8 Å². The molecule has 3 rings (SSSR count). The molecule has 0 spiro atoms. The predicted octanol–water partition coefficient (Wildman–Crippen LogP) is 6.13. The van der Waals surface area contributed by atoms with Crippen molar-refractivity contribution in [3.8, 4) is 0 Å². The number of rotatable bonds is 11. The third-order valence-electron chi connectivity index (χ3n) is 5.16. The molecule has 0 radical (unpaired) electrons. The molecule has 37 heavy (non-hydrogen) atoms. The number of sulfonamides is 1. The Morgan fingerprint density at radius 1 is 1.00 bits per heavy atom. The van der Waals surface area contributed by atoms with Crippen LogP contribution in [0.3, 0.4) is 0 Å². The van der Waals surface area contributed by atoms with E-state index in [4.69, 9.17) is 11.6 Å². The summed E-state index contributed by atoms with van der Waals surface area (Å²) in [6.45, 7) is -0.584. The molecule has 0 atom stereocenters. The number of hydrogen-bond donors (Lipinski definition) is 1. The van der Waals surface area contributed by atoms with Gasteiger partial charge in [-0.15, -0.1) is 0 Å². The topological polar surface area (TPSA) is 66.5 Å². The lowest BCUT2D eigenvalue weighted by Crippen LogP contribution is -2.41. The minimum absolute atomic E-state index is 0.193. The smallest absolute Gasteiger partial charge is 0.354 e. The van der Waals surface area contributed by atoms with E-state index in [1.54, 1.807) is 24.3 Å². The minimum atomic E-state index is -4.75. The molecule has 0 heterocycles. The molecule has 3 aromatic carbocycles. The summed E-state index contributed by atoms with van der Waals surface area (Å²) in [6.07, 6.45) is -4.23. The fraction of sp³-hybridized carbons (Fsp3) is 0.240. The lowest BCUT2D eigenvalue weighted by molar-refractivity contribution is -0.137. The molecular weight excluding hydrogens is 552 g/mol. The van der Waals surface area contributed by atoms with E-state index in [1.807, 2.05) is 0 Å². The molecular formula is C25H23ClF4N2O3S2. The Hall–Kier alpha value is -2.76. The minimum Gasteiger partial charge on any atom is -0.354 e. The van der Waals surface area contributed by atoms with Gasteiger partial charge in [-0.3, -0.25) is 9.10 Å². The molecule has 5 nitrogen and oxygen atoms in total. The van der Waals surface area contributed by atoms with Gasteiger partial charge in [-0.1, -0.05) is 48.0 Å². The Bertz CT molecular complexity index is 1320. The molecule has 0 unspecified atom stereocenters. The van der Waals surface area contributed by atoms with Crippen molar-refractivity contribution in [2.24, 2.45) is 0 Å². The highest BCUT2D eigenvalue weighted by Gasteiger charge is 2.34. The average molecular weight is 575 g/mol. The van der Waals surface area contributed by atoms with Crippen LogP contribution in [0.2, 0.25) is 5.02 Å². The molecule has 0 aliphatic rings. The number of amides is 1. The number of carbonyl (C=O) groups excluding carboxylic acids is 1. The van der Waals surface area contributed by atoms with Crippen molar-refractivity contribution in [2.75, 3.05) is 23.1 Å². The van der Waals surface area contributed by atoms with E-state index < -0.39 is 39.9 Å². The highest BCUT2D eigenvalue weighted by molar-refractivity contribution is 7.98. The monoisotopic (exact) mass is 574 g/mol. The number of halogens is 5. The van der Waals surface area contributed by atoms with Gasteiger partial charge in [0.2, 0.25) is 5.91 Å². The standard InChI is InChI=1S/C25H23ClF4N2O3S2/c26-21-12-11-19(25(28,29)30)15-23(21)32(37(34,35)20-8-2-1-3-9-20)16-24(33)31-13-6-14-36-17-18-7-4-5-10-22(18)27/h1-5,7-12,15H,6,13-14,16-17H2,(H,31,33). The van der Waals surface area contributed by atoms with E-state index >= 15 is 0 Å². The summed E-state index contributed by atoms with van der Waals surface area (Å²) in [5.41, 5.74) is -1.00. The zero-order valence-electron chi connectivity index (χ0n) is 19.3. The van der Waals surface area contributed by atoms with Gasteiger partial charge in [0.25, 0.3) is 10.0 Å². The van der Waals surface area contributed by atoms with Crippen molar-refractivity contribution >= 4 is 45.0 Å². The second-order valence-corrected chi connectivity index (χ2v) is 11.2. The van der Waals surface area contributed by atoms with Gasteiger partial charge in [-0.25, -0.2) is 12.8 Å². The third kappa shape index (κ3) is 7.86. The van der Waals surface area contributed by atoms with E-state index in [0.29, 0.717) is 33.9 Å². The van der Waals surface area contributed by atoms with Gasteiger partial charge < -0.3 is 5.32 Å². The first-order chi connectivity index (χ1) is 17.5. The fourth-order valence-electron chi connectivity index (χ4n) is 3.29. The van der Waals surface area contributed by atoms with E-state index in [2.05, 4.69) is 5.32 Å². The van der Waals surface area contributed by atoms with Crippen LogP contribution in [0.15, 0.2) is 77.7 Å². The summed E-state index contributed by atoms with van der Waals surface area (Å²) in [5.74, 6) is 0.0427. The SMILES string of the molecule is O=C(CN(c1cc(C(F)(F)F)ccc1Cl)S(=O)(=O)c1ccccc1)NCCCSCc1ccccc1F. The maximum absolute atomic E-state index is 13.7. The van der Waals surface area contributed by atoms with Crippen LogP contribution < -0.4 is 9.62 Å². The van der Waals surface area contributed by atoms with Crippen molar-refractivity contribution in [1.82, 2.24) is 5.32 Å². The number of benzene rings is 3. The first-order valence-corrected chi connectivity index (χ1v) is 14.0. The maximum atomic E-state index is 13.7. The number of thioether (sulfide) groups is 1. The number of carbonyl (C=O) groups is 1.